The number of nitriles is 1. The highest BCUT2D eigenvalue weighted by atomic mass is 19.1. The number of phenolic OH excluding ortho intramolecular Hbond substituents is 1. The van der Waals surface area contributed by atoms with Crippen LogP contribution in [0, 0.1) is 23.1 Å². The third kappa shape index (κ3) is 3.22. The standard InChI is InChI=1S/C11H13FN2O/c1-8(5-13)6-14-7-9-3-2-4-10(12)11(9)15/h2-4,8,14-15H,6-7H2,1H3. The summed E-state index contributed by atoms with van der Waals surface area (Å²) in [7, 11) is 0. The molecule has 0 aliphatic rings. The summed E-state index contributed by atoms with van der Waals surface area (Å²) in [5.74, 6) is -1.04. The molecule has 1 unspecified atom stereocenters. The topological polar surface area (TPSA) is 56.0 Å². The molecule has 1 atom stereocenters. The second kappa shape index (κ2) is 5.32. The van der Waals surface area contributed by atoms with Crippen LogP contribution in [0.4, 0.5) is 4.39 Å². The van der Waals surface area contributed by atoms with Crippen molar-refractivity contribution in [1.29, 1.82) is 5.26 Å². The van der Waals surface area contributed by atoms with Crippen molar-refractivity contribution in [2.75, 3.05) is 6.54 Å². The van der Waals surface area contributed by atoms with Crippen LogP contribution in [0.3, 0.4) is 0 Å². The van der Waals surface area contributed by atoms with Crippen LogP contribution in [-0.2, 0) is 6.54 Å². The largest absolute Gasteiger partial charge is 0.505 e. The van der Waals surface area contributed by atoms with Crippen LogP contribution in [0.2, 0.25) is 0 Å². The monoisotopic (exact) mass is 208 g/mol. The van der Waals surface area contributed by atoms with Crippen LogP contribution in [0.1, 0.15) is 12.5 Å². The zero-order valence-corrected chi connectivity index (χ0v) is 8.50. The highest BCUT2D eigenvalue weighted by Crippen LogP contribution is 2.20. The van der Waals surface area contributed by atoms with E-state index in [-0.39, 0.29) is 11.7 Å². The van der Waals surface area contributed by atoms with Crippen LogP contribution < -0.4 is 5.32 Å². The summed E-state index contributed by atoms with van der Waals surface area (Å²) in [5.41, 5.74) is 0.500. The van der Waals surface area contributed by atoms with E-state index in [2.05, 4.69) is 11.4 Å². The SMILES string of the molecule is CC(C#N)CNCc1cccc(F)c1O. The van der Waals surface area contributed by atoms with Gasteiger partial charge in [0.05, 0.1) is 12.0 Å². The van der Waals surface area contributed by atoms with E-state index in [1.807, 2.05) is 0 Å². The van der Waals surface area contributed by atoms with Crippen LogP contribution in [0.15, 0.2) is 18.2 Å². The van der Waals surface area contributed by atoms with Crippen LogP contribution in [0.5, 0.6) is 5.75 Å². The zero-order valence-electron chi connectivity index (χ0n) is 8.50. The minimum absolute atomic E-state index is 0.0966. The summed E-state index contributed by atoms with van der Waals surface area (Å²) in [6, 6.07) is 6.47. The fraction of sp³-hybridized carbons (Fsp3) is 0.364. The van der Waals surface area contributed by atoms with E-state index in [0.29, 0.717) is 18.7 Å². The number of benzene rings is 1. The number of para-hydroxylation sites is 1. The molecule has 3 nitrogen and oxygen atoms in total. The summed E-state index contributed by atoms with van der Waals surface area (Å²) in [6.07, 6.45) is 0. The molecule has 1 aromatic rings. The van der Waals surface area contributed by atoms with Gasteiger partial charge in [0.15, 0.2) is 11.6 Å². The van der Waals surface area contributed by atoms with Gasteiger partial charge in [-0.2, -0.15) is 5.26 Å². The molecule has 0 saturated carbocycles. The number of hydrogen-bond acceptors (Lipinski definition) is 3. The second-order valence-electron chi connectivity index (χ2n) is 3.41. The van der Waals surface area contributed by atoms with E-state index in [0.717, 1.165) is 0 Å². The molecule has 0 bridgehead atoms. The smallest absolute Gasteiger partial charge is 0.165 e. The maximum Gasteiger partial charge on any atom is 0.165 e. The van der Waals surface area contributed by atoms with Crippen molar-refractivity contribution in [3.8, 4) is 11.8 Å². The fourth-order valence-corrected chi connectivity index (χ4v) is 1.17. The molecule has 0 aromatic heterocycles. The van der Waals surface area contributed by atoms with Crippen molar-refractivity contribution < 1.29 is 9.50 Å². The van der Waals surface area contributed by atoms with Gasteiger partial charge >= 0.3 is 0 Å². The lowest BCUT2D eigenvalue weighted by molar-refractivity contribution is 0.422. The minimum atomic E-state index is -0.623. The Morgan fingerprint density at radius 2 is 2.33 bits per heavy atom. The molecule has 0 saturated heterocycles. The summed E-state index contributed by atoms with van der Waals surface area (Å²) in [4.78, 5) is 0. The minimum Gasteiger partial charge on any atom is -0.505 e. The quantitative estimate of drug-likeness (QED) is 0.793. The Morgan fingerprint density at radius 1 is 1.60 bits per heavy atom. The summed E-state index contributed by atoms with van der Waals surface area (Å²) in [6.45, 7) is 2.67. The normalized spacial score (nSPS) is 12.1. The van der Waals surface area contributed by atoms with E-state index >= 15 is 0 Å². The molecule has 2 N–H and O–H groups in total. The Hall–Kier alpha value is -1.60. The first-order valence-corrected chi connectivity index (χ1v) is 4.72. The van der Waals surface area contributed by atoms with Crippen molar-refractivity contribution in [1.82, 2.24) is 5.32 Å². The predicted molar refractivity (Wildman–Crippen MR) is 54.5 cm³/mol. The Labute approximate surface area is 88.2 Å². The van der Waals surface area contributed by atoms with Crippen molar-refractivity contribution in [3.05, 3.63) is 29.6 Å². The van der Waals surface area contributed by atoms with Gasteiger partial charge in [0.25, 0.3) is 0 Å². The lowest BCUT2D eigenvalue weighted by atomic mass is 10.1. The third-order valence-electron chi connectivity index (χ3n) is 2.06. The third-order valence-corrected chi connectivity index (χ3v) is 2.06. The van der Waals surface area contributed by atoms with Gasteiger partial charge in [-0.3, -0.25) is 0 Å². The number of rotatable bonds is 4. The first kappa shape index (κ1) is 11.5. The van der Waals surface area contributed by atoms with Crippen LogP contribution >= 0.6 is 0 Å². The molecular weight excluding hydrogens is 195 g/mol. The van der Waals surface area contributed by atoms with Gasteiger partial charge in [-0.1, -0.05) is 12.1 Å². The van der Waals surface area contributed by atoms with E-state index in [9.17, 15) is 9.50 Å². The Morgan fingerprint density at radius 3 is 3.00 bits per heavy atom. The Balaban J connectivity index is 2.52. The Kier molecular flexibility index (Phi) is 4.07. The molecule has 1 aromatic carbocycles. The molecule has 0 fully saturated rings. The van der Waals surface area contributed by atoms with Crippen molar-refractivity contribution in [3.63, 3.8) is 0 Å². The van der Waals surface area contributed by atoms with Gasteiger partial charge in [0.2, 0.25) is 0 Å². The predicted octanol–water partition coefficient (Wildman–Crippen LogP) is 1.78. The van der Waals surface area contributed by atoms with E-state index in [1.165, 1.54) is 6.07 Å². The highest BCUT2D eigenvalue weighted by Gasteiger charge is 2.06. The van der Waals surface area contributed by atoms with Crippen LogP contribution in [0.25, 0.3) is 0 Å². The average molecular weight is 208 g/mol. The summed E-state index contributed by atoms with van der Waals surface area (Å²) >= 11 is 0. The number of halogens is 1. The van der Waals surface area contributed by atoms with Crippen LogP contribution in [-0.4, -0.2) is 11.7 Å². The van der Waals surface area contributed by atoms with Crippen molar-refractivity contribution in [2.24, 2.45) is 5.92 Å². The van der Waals surface area contributed by atoms with Crippen molar-refractivity contribution >= 4 is 0 Å². The van der Waals surface area contributed by atoms with Crippen molar-refractivity contribution in [2.45, 2.75) is 13.5 Å². The molecule has 1 rings (SSSR count). The first-order chi connectivity index (χ1) is 7.15. The fourth-order valence-electron chi connectivity index (χ4n) is 1.17. The maximum atomic E-state index is 12.9. The number of phenols is 1. The van der Waals surface area contributed by atoms with E-state index in [4.69, 9.17) is 5.26 Å². The highest BCUT2D eigenvalue weighted by molar-refractivity contribution is 5.33. The lowest BCUT2D eigenvalue weighted by Crippen LogP contribution is -2.19. The van der Waals surface area contributed by atoms with Gasteiger partial charge in [-0.25, -0.2) is 4.39 Å². The number of aromatic hydroxyl groups is 1. The maximum absolute atomic E-state index is 12.9. The molecule has 4 heteroatoms. The number of hydrogen-bond donors (Lipinski definition) is 2. The molecule has 0 heterocycles. The summed E-state index contributed by atoms with van der Waals surface area (Å²) in [5, 5.41) is 20.8. The molecule has 0 aliphatic carbocycles. The molecule has 0 aliphatic heterocycles. The Bertz CT molecular complexity index is 373. The van der Waals surface area contributed by atoms with E-state index < -0.39 is 5.82 Å². The number of nitrogens with one attached hydrogen (secondary N) is 1. The first-order valence-electron chi connectivity index (χ1n) is 4.72. The zero-order chi connectivity index (χ0) is 11.3. The molecule has 0 amide bonds. The van der Waals surface area contributed by atoms with Gasteiger partial charge in [-0.15, -0.1) is 0 Å². The van der Waals surface area contributed by atoms with Gasteiger partial charge in [0.1, 0.15) is 0 Å². The molecule has 0 spiro atoms. The summed E-state index contributed by atoms with van der Waals surface area (Å²) < 4.78 is 12.9. The van der Waals surface area contributed by atoms with E-state index in [1.54, 1.807) is 19.1 Å². The molecule has 15 heavy (non-hydrogen) atoms. The molecule has 80 valence electrons. The average Bonchev–Trinajstić information content (AvgIpc) is 2.24. The van der Waals surface area contributed by atoms with Gasteiger partial charge < -0.3 is 10.4 Å². The molecule has 0 radical (unpaired) electrons. The van der Waals surface area contributed by atoms with Gasteiger partial charge in [-0.05, 0) is 13.0 Å². The van der Waals surface area contributed by atoms with Gasteiger partial charge in [0, 0.05) is 18.7 Å². The molecular formula is C11H13FN2O. The number of nitrogens with zero attached hydrogens (tertiary/aromatic N) is 1. The lowest BCUT2D eigenvalue weighted by Gasteiger charge is -2.07. The second-order valence-corrected chi connectivity index (χ2v) is 3.41.